The molecule has 7 heteroatoms. The third kappa shape index (κ3) is 2.69. The summed E-state index contributed by atoms with van der Waals surface area (Å²) in [7, 11) is 0. The van der Waals surface area contributed by atoms with E-state index in [4.69, 9.17) is 16.7 Å². The normalized spacial score (nSPS) is 12.4. The predicted molar refractivity (Wildman–Crippen MR) is 53.1 cm³/mol. The Balaban J connectivity index is 3.06. The van der Waals surface area contributed by atoms with Gasteiger partial charge in [-0.2, -0.15) is 0 Å². The van der Waals surface area contributed by atoms with Crippen LogP contribution in [0.2, 0.25) is 5.02 Å². The Labute approximate surface area is 89.1 Å². The zero-order chi connectivity index (χ0) is 11.6. The lowest BCUT2D eigenvalue weighted by Crippen LogP contribution is -2.32. The van der Waals surface area contributed by atoms with Crippen LogP contribution in [0.4, 0.5) is 0 Å². The first-order chi connectivity index (χ1) is 6.91. The minimum absolute atomic E-state index is 0.0370. The van der Waals surface area contributed by atoms with Crippen molar-refractivity contribution >= 4 is 17.6 Å². The Morgan fingerprint density at radius 2 is 2.27 bits per heavy atom. The van der Waals surface area contributed by atoms with Crippen LogP contribution in [-0.2, 0) is 11.3 Å². The number of hydrogen-bond donors (Lipinski definition) is 2. The molecule has 1 rings (SSSR count). The van der Waals surface area contributed by atoms with Gasteiger partial charge in [0.1, 0.15) is 5.02 Å². The quantitative estimate of drug-likeness (QED) is 0.762. The van der Waals surface area contributed by atoms with Gasteiger partial charge in [0, 0.05) is 12.7 Å². The lowest BCUT2D eigenvalue weighted by molar-refractivity contribution is -0.141. The van der Waals surface area contributed by atoms with E-state index in [1.54, 1.807) is 0 Å². The number of halogens is 1. The molecule has 0 bridgehead atoms. The van der Waals surface area contributed by atoms with E-state index in [0.717, 1.165) is 10.8 Å². The molecule has 1 aromatic heterocycles. The topological polar surface area (TPSA) is 92.2 Å². The second-order valence-electron chi connectivity index (χ2n) is 3.13. The van der Waals surface area contributed by atoms with Crippen molar-refractivity contribution in [2.45, 2.75) is 13.5 Å². The van der Waals surface area contributed by atoms with Crippen LogP contribution in [0.5, 0.6) is 0 Å². The van der Waals surface area contributed by atoms with Crippen LogP contribution in [-0.4, -0.2) is 20.6 Å². The number of nitrogens with zero attached hydrogens (tertiary/aromatic N) is 1. The van der Waals surface area contributed by atoms with Gasteiger partial charge in [0.15, 0.2) is 0 Å². The van der Waals surface area contributed by atoms with E-state index in [2.05, 4.69) is 0 Å². The zero-order valence-electron chi connectivity index (χ0n) is 7.86. The Bertz CT molecular complexity index is 490. The van der Waals surface area contributed by atoms with E-state index in [-0.39, 0.29) is 11.6 Å². The fourth-order valence-corrected chi connectivity index (χ4v) is 1.16. The molecule has 0 aromatic carbocycles. The number of rotatable bonds is 3. The van der Waals surface area contributed by atoms with Crippen LogP contribution in [0.3, 0.4) is 0 Å². The van der Waals surface area contributed by atoms with Gasteiger partial charge in [0.25, 0.3) is 5.56 Å². The van der Waals surface area contributed by atoms with Gasteiger partial charge in [-0.1, -0.05) is 18.5 Å². The van der Waals surface area contributed by atoms with Crippen molar-refractivity contribution < 1.29 is 9.90 Å². The summed E-state index contributed by atoms with van der Waals surface area (Å²) in [4.78, 5) is 34.6. The molecule has 1 unspecified atom stereocenters. The molecule has 1 atom stereocenters. The van der Waals surface area contributed by atoms with E-state index >= 15 is 0 Å². The molecule has 0 radical (unpaired) electrons. The molecular weight excluding hydrogens is 224 g/mol. The smallest absolute Gasteiger partial charge is 0.328 e. The summed E-state index contributed by atoms with van der Waals surface area (Å²) in [6.07, 6.45) is 1.13. The van der Waals surface area contributed by atoms with Gasteiger partial charge in [0.2, 0.25) is 0 Å². The number of aromatic amines is 1. The highest BCUT2D eigenvalue weighted by atomic mass is 35.5. The maximum atomic E-state index is 11.2. The summed E-state index contributed by atoms with van der Waals surface area (Å²) in [5, 5.41) is 8.49. The van der Waals surface area contributed by atoms with E-state index in [1.807, 2.05) is 4.98 Å². The van der Waals surface area contributed by atoms with Crippen molar-refractivity contribution in [1.82, 2.24) is 9.55 Å². The zero-order valence-corrected chi connectivity index (χ0v) is 8.61. The summed E-state index contributed by atoms with van der Waals surface area (Å²) in [5.74, 6) is -1.76. The van der Waals surface area contributed by atoms with Crippen molar-refractivity contribution in [2.75, 3.05) is 0 Å². The number of H-pyrrole nitrogens is 1. The van der Waals surface area contributed by atoms with E-state index in [9.17, 15) is 14.4 Å². The van der Waals surface area contributed by atoms with Crippen molar-refractivity contribution in [3.05, 3.63) is 32.1 Å². The average molecular weight is 233 g/mol. The van der Waals surface area contributed by atoms with Crippen LogP contribution in [0.1, 0.15) is 6.92 Å². The minimum Gasteiger partial charge on any atom is -0.481 e. The second kappa shape index (κ2) is 4.31. The van der Waals surface area contributed by atoms with E-state index in [0.29, 0.717) is 0 Å². The van der Waals surface area contributed by atoms with Crippen molar-refractivity contribution in [1.29, 1.82) is 0 Å². The third-order valence-corrected chi connectivity index (χ3v) is 2.13. The van der Waals surface area contributed by atoms with Gasteiger partial charge >= 0.3 is 11.7 Å². The molecule has 15 heavy (non-hydrogen) atoms. The molecule has 0 amide bonds. The Morgan fingerprint density at radius 1 is 1.67 bits per heavy atom. The number of aromatic nitrogens is 2. The van der Waals surface area contributed by atoms with Crippen molar-refractivity contribution in [3.63, 3.8) is 0 Å². The van der Waals surface area contributed by atoms with Crippen LogP contribution in [0.15, 0.2) is 15.8 Å². The van der Waals surface area contributed by atoms with Gasteiger partial charge < -0.3 is 5.11 Å². The molecule has 1 heterocycles. The van der Waals surface area contributed by atoms with Crippen LogP contribution in [0.25, 0.3) is 0 Å². The molecule has 0 fully saturated rings. The summed E-state index contributed by atoms with van der Waals surface area (Å²) >= 11 is 5.50. The first-order valence-corrected chi connectivity index (χ1v) is 4.51. The average Bonchev–Trinajstić information content (AvgIpc) is 2.13. The van der Waals surface area contributed by atoms with Gasteiger partial charge in [-0.25, -0.2) is 4.79 Å². The van der Waals surface area contributed by atoms with Gasteiger partial charge in [-0.05, 0) is 0 Å². The van der Waals surface area contributed by atoms with Crippen molar-refractivity contribution in [3.8, 4) is 0 Å². The highest BCUT2D eigenvalue weighted by Crippen LogP contribution is 2.01. The molecule has 6 nitrogen and oxygen atoms in total. The highest BCUT2D eigenvalue weighted by Gasteiger charge is 2.13. The molecule has 1 aromatic rings. The summed E-state index contributed by atoms with van der Waals surface area (Å²) in [6.45, 7) is 1.42. The lowest BCUT2D eigenvalue weighted by Gasteiger charge is -2.08. The lowest BCUT2D eigenvalue weighted by atomic mass is 10.2. The summed E-state index contributed by atoms with van der Waals surface area (Å²) in [6, 6.07) is 0. The Kier molecular flexibility index (Phi) is 3.31. The molecular formula is C8H9ClN2O4. The van der Waals surface area contributed by atoms with Crippen molar-refractivity contribution in [2.24, 2.45) is 5.92 Å². The van der Waals surface area contributed by atoms with Crippen LogP contribution < -0.4 is 11.2 Å². The standard InChI is InChI=1S/C8H9ClN2O4/c1-4(7(13)14)2-11-3-5(9)6(12)10-8(11)15/h3-4H,2H2,1H3,(H,13,14)(H,10,12,15). The SMILES string of the molecule is CC(Cn1cc(Cl)c(=O)[nH]c1=O)C(=O)O. The van der Waals surface area contributed by atoms with Gasteiger partial charge in [-0.3, -0.25) is 19.1 Å². The number of carboxylic acid groups (broad SMARTS) is 1. The van der Waals surface area contributed by atoms with Crippen LogP contribution >= 0.6 is 11.6 Å². The number of aliphatic carboxylic acids is 1. The van der Waals surface area contributed by atoms with E-state index < -0.39 is 23.1 Å². The predicted octanol–water partition coefficient (Wildman–Crippen LogP) is -0.0893. The maximum absolute atomic E-state index is 11.2. The fourth-order valence-electron chi connectivity index (χ4n) is 0.991. The van der Waals surface area contributed by atoms with Crippen LogP contribution in [0, 0.1) is 5.92 Å². The van der Waals surface area contributed by atoms with E-state index in [1.165, 1.54) is 6.92 Å². The molecule has 2 N–H and O–H groups in total. The van der Waals surface area contributed by atoms with Gasteiger partial charge in [-0.15, -0.1) is 0 Å². The first-order valence-electron chi connectivity index (χ1n) is 4.14. The number of nitrogens with one attached hydrogen (secondary N) is 1. The fraction of sp³-hybridized carbons (Fsp3) is 0.375. The highest BCUT2D eigenvalue weighted by molar-refractivity contribution is 6.30. The largest absolute Gasteiger partial charge is 0.481 e. The molecule has 0 saturated carbocycles. The molecule has 0 aliphatic carbocycles. The Hall–Kier alpha value is -1.56. The Morgan fingerprint density at radius 3 is 2.80 bits per heavy atom. The molecule has 0 aliphatic rings. The summed E-state index contributed by atoms with van der Waals surface area (Å²) in [5.41, 5.74) is -1.35. The molecule has 0 spiro atoms. The number of hydrogen-bond acceptors (Lipinski definition) is 3. The maximum Gasteiger partial charge on any atom is 0.328 e. The molecule has 82 valence electrons. The molecule has 0 aliphatic heterocycles. The second-order valence-corrected chi connectivity index (χ2v) is 3.54. The third-order valence-electron chi connectivity index (χ3n) is 1.86. The monoisotopic (exact) mass is 232 g/mol. The number of carbonyl (C=O) groups is 1. The first kappa shape index (κ1) is 11.5. The van der Waals surface area contributed by atoms with Gasteiger partial charge in [0.05, 0.1) is 5.92 Å². The summed E-state index contributed by atoms with van der Waals surface area (Å²) < 4.78 is 1.06. The minimum atomic E-state index is -1.02. The molecule has 0 saturated heterocycles. The number of carboxylic acids is 1.